The number of amides is 2. The third-order valence-corrected chi connectivity index (χ3v) is 6.91. The van der Waals surface area contributed by atoms with Crippen molar-refractivity contribution < 1.29 is 27.5 Å². The van der Waals surface area contributed by atoms with E-state index < -0.39 is 33.7 Å². The number of fused-ring (bicyclic) bond motifs is 1. The maximum Gasteiger partial charge on any atom is 0.310 e. The molecule has 1 aromatic rings. The van der Waals surface area contributed by atoms with Crippen LogP contribution in [0.2, 0.25) is 0 Å². The molecule has 0 radical (unpaired) electrons. The van der Waals surface area contributed by atoms with Gasteiger partial charge in [-0.25, -0.2) is 12.7 Å². The van der Waals surface area contributed by atoms with E-state index in [1.807, 2.05) is 6.92 Å². The van der Waals surface area contributed by atoms with Gasteiger partial charge >= 0.3 is 5.97 Å². The van der Waals surface area contributed by atoms with Gasteiger partial charge in [0, 0.05) is 19.6 Å². The molecule has 3 rings (SSSR count). The van der Waals surface area contributed by atoms with Crippen molar-refractivity contribution in [1.29, 1.82) is 0 Å². The maximum atomic E-state index is 12.7. The molecular weight excluding hydrogens is 384 g/mol. The lowest BCUT2D eigenvalue weighted by atomic mass is 10.0. The van der Waals surface area contributed by atoms with Crippen LogP contribution in [0.15, 0.2) is 18.2 Å². The van der Waals surface area contributed by atoms with E-state index >= 15 is 0 Å². The highest BCUT2D eigenvalue weighted by molar-refractivity contribution is 7.89. The summed E-state index contributed by atoms with van der Waals surface area (Å²) >= 11 is 0. The number of ether oxygens (including phenoxy) is 1. The van der Waals surface area contributed by atoms with E-state index in [0.717, 1.165) is 10.5 Å². The van der Waals surface area contributed by atoms with Crippen LogP contribution >= 0.6 is 0 Å². The predicted octanol–water partition coefficient (Wildman–Crippen LogP) is 1.20. The van der Waals surface area contributed by atoms with Crippen molar-refractivity contribution in [2.45, 2.75) is 26.7 Å². The third kappa shape index (κ3) is 3.95. The predicted molar refractivity (Wildman–Crippen MR) is 101 cm³/mol. The molecular formula is C19H24N2O6S. The molecule has 28 heavy (non-hydrogen) atoms. The number of hydrogen-bond donors (Lipinski definition) is 0. The van der Waals surface area contributed by atoms with Crippen LogP contribution in [0.1, 0.15) is 46.0 Å². The molecule has 2 aliphatic rings. The standard InChI is InChI=1S/C19H24N2O6S/c1-3-27-19(24)14-5-4-8-20(12-14)28(25,26)10-9-21-17(22)15-7-6-13(2)11-16(15)18(21)23/h6-7,11,14H,3-5,8-10,12H2,1-2H3. The second kappa shape index (κ2) is 8.00. The Hall–Kier alpha value is -2.26. The summed E-state index contributed by atoms with van der Waals surface area (Å²) in [6.45, 7) is 3.96. The summed E-state index contributed by atoms with van der Waals surface area (Å²) in [5.41, 5.74) is 1.46. The first-order valence-electron chi connectivity index (χ1n) is 9.36. The molecule has 1 saturated heterocycles. The van der Waals surface area contributed by atoms with Crippen LogP contribution < -0.4 is 0 Å². The zero-order chi connectivity index (χ0) is 20.5. The second-order valence-electron chi connectivity index (χ2n) is 7.08. The summed E-state index contributed by atoms with van der Waals surface area (Å²) in [7, 11) is -3.72. The first-order valence-corrected chi connectivity index (χ1v) is 11.0. The fourth-order valence-electron chi connectivity index (χ4n) is 3.59. The summed E-state index contributed by atoms with van der Waals surface area (Å²) in [5, 5.41) is 0. The van der Waals surface area contributed by atoms with Crippen molar-refractivity contribution in [1.82, 2.24) is 9.21 Å². The fraction of sp³-hybridized carbons (Fsp3) is 0.526. The number of imide groups is 1. The van der Waals surface area contributed by atoms with E-state index in [0.29, 0.717) is 30.5 Å². The minimum Gasteiger partial charge on any atom is -0.466 e. The molecule has 2 amide bonds. The number of hydrogen-bond acceptors (Lipinski definition) is 6. The lowest BCUT2D eigenvalue weighted by Crippen LogP contribution is -2.45. The van der Waals surface area contributed by atoms with E-state index in [2.05, 4.69) is 0 Å². The minimum atomic E-state index is -3.72. The molecule has 0 saturated carbocycles. The highest BCUT2D eigenvalue weighted by atomic mass is 32.2. The fourth-order valence-corrected chi connectivity index (χ4v) is 5.08. The first-order chi connectivity index (χ1) is 13.2. The van der Waals surface area contributed by atoms with Crippen LogP contribution in [0.5, 0.6) is 0 Å². The quantitative estimate of drug-likeness (QED) is 0.518. The summed E-state index contributed by atoms with van der Waals surface area (Å²) in [6, 6.07) is 4.97. The van der Waals surface area contributed by atoms with Crippen molar-refractivity contribution >= 4 is 27.8 Å². The Bertz CT molecular complexity index is 911. The Morgan fingerprint density at radius 2 is 1.93 bits per heavy atom. The van der Waals surface area contributed by atoms with Gasteiger partial charge in [0.2, 0.25) is 10.0 Å². The first kappa shape index (κ1) is 20.5. The van der Waals surface area contributed by atoms with Crippen molar-refractivity contribution in [3.63, 3.8) is 0 Å². The number of carbonyl (C=O) groups is 3. The van der Waals surface area contributed by atoms with Gasteiger partial charge in [0.1, 0.15) is 0 Å². The van der Waals surface area contributed by atoms with Gasteiger partial charge in [-0.2, -0.15) is 0 Å². The molecule has 152 valence electrons. The molecule has 2 heterocycles. The van der Waals surface area contributed by atoms with Gasteiger partial charge in [-0.1, -0.05) is 11.6 Å². The average molecular weight is 408 g/mol. The summed E-state index contributed by atoms with van der Waals surface area (Å²) in [6.07, 6.45) is 1.15. The van der Waals surface area contributed by atoms with Gasteiger partial charge in [0.15, 0.2) is 0 Å². The van der Waals surface area contributed by atoms with Crippen molar-refractivity contribution in [3.05, 3.63) is 34.9 Å². The van der Waals surface area contributed by atoms with Crippen molar-refractivity contribution in [2.24, 2.45) is 5.92 Å². The highest BCUT2D eigenvalue weighted by Crippen LogP contribution is 2.25. The number of esters is 1. The van der Waals surface area contributed by atoms with E-state index in [9.17, 15) is 22.8 Å². The summed E-state index contributed by atoms with van der Waals surface area (Å²) < 4.78 is 31.7. The molecule has 9 heteroatoms. The number of piperidine rings is 1. The van der Waals surface area contributed by atoms with Crippen LogP contribution in [0.3, 0.4) is 0 Å². The molecule has 0 spiro atoms. The SMILES string of the molecule is CCOC(=O)C1CCCN(S(=O)(=O)CCN2C(=O)c3ccc(C)cc3C2=O)C1. The molecule has 1 atom stereocenters. The van der Waals surface area contributed by atoms with E-state index in [-0.39, 0.29) is 25.4 Å². The molecule has 1 fully saturated rings. The number of rotatable bonds is 6. The lowest BCUT2D eigenvalue weighted by molar-refractivity contribution is -0.149. The monoisotopic (exact) mass is 408 g/mol. The Morgan fingerprint density at radius 3 is 2.64 bits per heavy atom. The van der Waals surface area contributed by atoms with E-state index in [4.69, 9.17) is 4.74 Å². The van der Waals surface area contributed by atoms with Gasteiger partial charge < -0.3 is 4.74 Å². The third-order valence-electron chi connectivity index (χ3n) is 5.10. The molecule has 0 bridgehead atoms. The average Bonchev–Trinajstić information content (AvgIpc) is 2.90. The van der Waals surface area contributed by atoms with E-state index in [1.165, 1.54) is 4.31 Å². The van der Waals surface area contributed by atoms with Crippen LogP contribution in [-0.4, -0.2) is 67.4 Å². The van der Waals surface area contributed by atoms with Crippen LogP contribution in [0, 0.1) is 12.8 Å². The van der Waals surface area contributed by atoms with Crippen molar-refractivity contribution in [2.75, 3.05) is 32.0 Å². The molecule has 0 N–H and O–H groups in total. The Balaban J connectivity index is 1.66. The van der Waals surface area contributed by atoms with Gasteiger partial charge in [0.25, 0.3) is 11.8 Å². The maximum absolute atomic E-state index is 12.7. The normalized spacial score (nSPS) is 20.4. The number of benzene rings is 1. The zero-order valence-corrected chi connectivity index (χ0v) is 16.8. The Labute approximate surface area is 164 Å². The molecule has 0 aliphatic carbocycles. The van der Waals surface area contributed by atoms with Crippen molar-refractivity contribution in [3.8, 4) is 0 Å². The number of aryl methyl sites for hydroxylation is 1. The molecule has 2 aliphatic heterocycles. The second-order valence-corrected chi connectivity index (χ2v) is 9.16. The Morgan fingerprint density at radius 1 is 1.21 bits per heavy atom. The van der Waals surface area contributed by atoms with Crippen LogP contribution in [0.25, 0.3) is 0 Å². The van der Waals surface area contributed by atoms with E-state index in [1.54, 1.807) is 25.1 Å². The minimum absolute atomic E-state index is 0.0719. The zero-order valence-electron chi connectivity index (χ0n) is 16.0. The summed E-state index contributed by atoms with van der Waals surface area (Å²) in [5.74, 6) is -2.18. The lowest BCUT2D eigenvalue weighted by Gasteiger charge is -2.31. The van der Waals surface area contributed by atoms with Gasteiger partial charge in [-0.05, 0) is 38.8 Å². The van der Waals surface area contributed by atoms with Gasteiger partial charge in [0.05, 0.1) is 29.4 Å². The molecule has 0 aromatic heterocycles. The molecule has 1 aromatic carbocycles. The highest BCUT2D eigenvalue weighted by Gasteiger charge is 2.38. The number of sulfonamides is 1. The van der Waals surface area contributed by atoms with Gasteiger partial charge in [-0.15, -0.1) is 0 Å². The topological polar surface area (TPSA) is 101 Å². The molecule has 8 nitrogen and oxygen atoms in total. The summed E-state index contributed by atoms with van der Waals surface area (Å²) in [4.78, 5) is 37.9. The largest absolute Gasteiger partial charge is 0.466 e. The van der Waals surface area contributed by atoms with Crippen LogP contribution in [-0.2, 0) is 19.6 Å². The van der Waals surface area contributed by atoms with Gasteiger partial charge in [-0.3, -0.25) is 19.3 Å². The molecule has 1 unspecified atom stereocenters. The smallest absolute Gasteiger partial charge is 0.310 e. The Kier molecular flexibility index (Phi) is 5.85. The van der Waals surface area contributed by atoms with Crippen LogP contribution in [0.4, 0.5) is 0 Å². The number of nitrogens with zero attached hydrogens (tertiary/aromatic N) is 2. The number of carbonyl (C=O) groups excluding carboxylic acids is 3.